The van der Waals surface area contributed by atoms with Crippen LogP contribution in [0.2, 0.25) is 0 Å². The minimum Gasteiger partial charge on any atom is -0.461 e. The summed E-state index contributed by atoms with van der Waals surface area (Å²) in [4.78, 5) is 33.9. The maximum Gasteiger partial charge on any atom is 0.421 e. The molecule has 5 rings (SSSR count). The maximum absolute atomic E-state index is 14.4. The Hall–Kier alpha value is -3.96. The fourth-order valence-corrected chi connectivity index (χ4v) is 6.13. The highest BCUT2D eigenvalue weighted by Gasteiger charge is 2.41. The minimum atomic E-state index is -4.94. The van der Waals surface area contributed by atoms with Crippen LogP contribution in [-0.4, -0.2) is 83.1 Å². The number of anilines is 2. The van der Waals surface area contributed by atoms with Gasteiger partial charge in [0.15, 0.2) is 5.82 Å². The second-order valence-corrected chi connectivity index (χ2v) is 12.7. The molecule has 0 aromatic carbocycles. The first kappa shape index (κ1) is 32.4. The zero-order chi connectivity index (χ0) is 32.5. The Morgan fingerprint density at radius 3 is 2.62 bits per heavy atom. The summed E-state index contributed by atoms with van der Waals surface area (Å²) < 4.78 is 81.8. The number of alkyl halides is 4. The van der Waals surface area contributed by atoms with Gasteiger partial charge in [-0.1, -0.05) is 0 Å². The van der Waals surface area contributed by atoms with E-state index in [2.05, 4.69) is 14.8 Å². The van der Waals surface area contributed by atoms with E-state index in [0.29, 0.717) is 37.3 Å². The van der Waals surface area contributed by atoms with E-state index in [1.54, 1.807) is 20.8 Å². The summed E-state index contributed by atoms with van der Waals surface area (Å²) in [5.74, 6) is -0.771. The Morgan fingerprint density at radius 1 is 1.13 bits per heavy atom. The monoisotopic (exact) mass is 637 g/mol. The molecule has 0 bridgehead atoms. The summed E-state index contributed by atoms with van der Waals surface area (Å²) in [5, 5.41) is 0. The molecular weight excluding hydrogens is 601 g/mol. The number of ether oxygens (including phenoxy) is 2. The van der Waals surface area contributed by atoms with Crippen LogP contribution in [-0.2, 0) is 23.9 Å². The van der Waals surface area contributed by atoms with Gasteiger partial charge in [0.2, 0.25) is 6.54 Å². The molecule has 10 nitrogen and oxygen atoms in total. The van der Waals surface area contributed by atoms with Crippen molar-refractivity contribution in [3.8, 4) is 6.01 Å². The molecule has 3 atom stereocenters. The average Bonchev–Trinajstić information content (AvgIpc) is 3.34. The van der Waals surface area contributed by atoms with Crippen molar-refractivity contribution in [2.45, 2.75) is 77.0 Å². The number of carbonyl (C=O) groups excluding carboxylic acids is 1. The molecule has 5 heterocycles. The van der Waals surface area contributed by atoms with Crippen molar-refractivity contribution in [1.29, 1.82) is 0 Å². The number of hydrogen-bond donors (Lipinski definition) is 0. The van der Waals surface area contributed by atoms with Crippen LogP contribution in [0.5, 0.6) is 6.01 Å². The molecule has 3 aliphatic rings. The third-order valence-corrected chi connectivity index (χ3v) is 8.09. The molecule has 244 valence electrons. The number of aromatic nitrogens is 3. The number of piperidine rings is 1. The summed E-state index contributed by atoms with van der Waals surface area (Å²) >= 11 is 0. The Bertz CT molecular complexity index is 1440. The third kappa shape index (κ3) is 7.48. The summed E-state index contributed by atoms with van der Waals surface area (Å²) in [5.41, 5.74) is -1.42. The fraction of sp³-hybridized carbons (Fsp3) is 0.633. The molecule has 0 spiro atoms. The van der Waals surface area contributed by atoms with Crippen LogP contribution < -0.4 is 14.5 Å². The highest BCUT2D eigenvalue weighted by molar-refractivity contribution is 5.69. The number of fused-ring (bicyclic) bond motifs is 1. The molecule has 1 amide bonds. The number of carbonyl (C=O) groups is 1. The molecule has 0 radical (unpaired) electrons. The van der Waals surface area contributed by atoms with E-state index in [-0.39, 0.29) is 56.7 Å². The minimum absolute atomic E-state index is 0.0298. The van der Waals surface area contributed by atoms with E-state index in [4.69, 9.17) is 21.0 Å². The SMILES string of the molecule is [C-]#[N+]C[C@@H]1CCCN(c2nc(OC[C@@H]3C[C@@H](F)CN3C(=O)OC(C)(C)C)nc3c2CCN(c2cncc(F)c2C(F)(F)F)C3)C1. The third-order valence-electron chi connectivity index (χ3n) is 8.09. The standard InChI is InChI=1S/C30H36F5N7O3/c1-29(2,3)45-28(43)42-15-19(31)10-20(42)17-44-27-38-23-16-40(24-13-37-12-22(32)25(24)30(33,34)35)9-7-21(23)26(39-27)41-8-5-6-18(14-41)11-36-4/h12-13,18-20H,5-11,14-17H2,1-3H3/t18-,19+,20-/m0/s1. The molecule has 2 fully saturated rings. The number of rotatable bonds is 6. The molecule has 0 saturated carbocycles. The van der Waals surface area contributed by atoms with Gasteiger partial charge in [-0.3, -0.25) is 9.88 Å². The first-order valence-corrected chi connectivity index (χ1v) is 14.9. The van der Waals surface area contributed by atoms with Crippen molar-refractivity contribution in [3.05, 3.63) is 46.4 Å². The zero-order valence-corrected chi connectivity index (χ0v) is 25.4. The van der Waals surface area contributed by atoms with Crippen molar-refractivity contribution in [3.63, 3.8) is 0 Å². The molecule has 15 heteroatoms. The number of hydrogen-bond acceptors (Lipinski definition) is 8. The molecular formula is C30H36F5N7O3. The lowest BCUT2D eigenvalue weighted by atomic mass is 9.96. The van der Waals surface area contributed by atoms with Crippen LogP contribution in [0.3, 0.4) is 0 Å². The van der Waals surface area contributed by atoms with Gasteiger partial charge in [0, 0.05) is 37.5 Å². The predicted molar refractivity (Wildman–Crippen MR) is 154 cm³/mol. The maximum atomic E-state index is 14.4. The van der Waals surface area contributed by atoms with Gasteiger partial charge in [0.05, 0.1) is 42.9 Å². The molecule has 2 aromatic rings. The Labute approximate surface area is 258 Å². The number of likely N-dealkylation sites (tertiary alicyclic amines) is 1. The number of halogens is 5. The molecule has 3 aliphatic heterocycles. The normalized spacial score (nSPS) is 22.2. The highest BCUT2D eigenvalue weighted by Crippen LogP contribution is 2.40. The van der Waals surface area contributed by atoms with Gasteiger partial charge in [0.25, 0.3) is 0 Å². The largest absolute Gasteiger partial charge is 0.461 e. The van der Waals surface area contributed by atoms with E-state index in [9.17, 15) is 26.7 Å². The van der Waals surface area contributed by atoms with E-state index < -0.39 is 41.5 Å². The van der Waals surface area contributed by atoms with Crippen molar-refractivity contribution in [2.75, 3.05) is 49.1 Å². The molecule has 45 heavy (non-hydrogen) atoms. The Morgan fingerprint density at radius 2 is 1.91 bits per heavy atom. The quantitative estimate of drug-likeness (QED) is 0.305. The van der Waals surface area contributed by atoms with Gasteiger partial charge in [0.1, 0.15) is 29.8 Å². The average molecular weight is 638 g/mol. The summed E-state index contributed by atoms with van der Waals surface area (Å²) in [6.45, 7) is 13.8. The topological polar surface area (TPSA) is 88.3 Å². The van der Waals surface area contributed by atoms with Crippen LogP contribution in [0.15, 0.2) is 12.4 Å². The van der Waals surface area contributed by atoms with E-state index in [1.165, 1.54) is 9.80 Å². The molecule has 2 saturated heterocycles. The molecule has 2 aromatic heterocycles. The van der Waals surface area contributed by atoms with Crippen molar-refractivity contribution in [2.24, 2.45) is 5.92 Å². The summed E-state index contributed by atoms with van der Waals surface area (Å²) in [6, 6.07) is -0.724. The van der Waals surface area contributed by atoms with Crippen LogP contribution >= 0.6 is 0 Å². The molecule has 0 aliphatic carbocycles. The van der Waals surface area contributed by atoms with Crippen LogP contribution in [0.1, 0.15) is 56.9 Å². The number of amides is 1. The second kappa shape index (κ2) is 12.8. The van der Waals surface area contributed by atoms with E-state index >= 15 is 0 Å². The number of nitrogens with zero attached hydrogens (tertiary/aromatic N) is 7. The van der Waals surface area contributed by atoms with Crippen molar-refractivity contribution in [1.82, 2.24) is 19.9 Å². The van der Waals surface area contributed by atoms with Gasteiger partial charge in [-0.25, -0.2) is 20.1 Å². The van der Waals surface area contributed by atoms with Crippen LogP contribution in [0.25, 0.3) is 4.85 Å². The van der Waals surface area contributed by atoms with Gasteiger partial charge in [-0.2, -0.15) is 23.1 Å². The van der Waals surface area contributed by atoms with Gasteiger partial charge >= 0.3 is 18.3 Å². The fourth-order valence-electron chi connectivity index (χ4n) is 6.13. The first-order valence-electron chi connectivity index (χ1n) is 14.9. The lowest BCUT2D eigenvalue weighted by Crippen LogP contribution is -2.42. The van der Waals surface area contributed by atoms with Crippen molar-refractivity contribution >= 4 is 17.6 Å². The lowest BCUT2D eigenvalue weighted by molar-refractivity contribution is -0.139. The second-order valence-electron chi connectivity index (χ2n) is 12.7. The van der Waals surface area contributed by atoms with Crippen LogP contribution in [0.4, 0.5) is 38.3 Å². The Kier molecular flexibility index (Phi) is 9.23. The van der Waals surface area contributed by atoms with E-state index in [1.807, 2.05) is 4.90 Å². The zero-order valence-electron chi connectivity index (χ0n) is 25.4. The van der Waals surface area contributed by atoms with Gasteiger partial charge < -0.3 is 24.1 Å². The van der Waals surface area contributed by atoms with Crippen LogP contribution in [0, 0.1) is 18.3 Å². The highest BCUT2D eigenvalue weighted by atomic mass is 19.4. The Balaban J connectivity index is 1.45. The summed E-state index contributed by atoms with van der Waals surface area (Å²) in [7, 11) is 0. The van der Waals surface area contributed by atoms with Gasteiger partial charge in [-0.05, 0) is 40.0 Å². The van der Waals surface area contributed by atoms with E-state index in [0.717, 1.165) is 24.6 Å². The number of pyridine rings is 1. The predicted octanol–water partition coefficient (Wildman–Crippen LogP) is 5.45. The molecule has 0 N–H and O–H groups in total. The summed E-state index contributed by atoms with van der Waals surface area (Å²) in [6.07, 6.45) is -3.30. The van der Waals surface area contributed by atoms with Gasteiger partial charge in [-0.15, -0.1) is 0 Å². The molecule has 0 unspecified atom stereocenters. The first-order chi connectivity index (χ1) is 21.2. The van der Waals surface area contributed by atoms with Crippen molar-refractivity contribution < 1.29 is 36.2 Å². The lowest BCUT2D eigenvalue weighted by Gasteiger charge is -2.36. The smallest absolute Gasteiger partial charge is 0.421 e.